The molecule has 5 heteroatoms. The first-order valence-corrected chi connectivity index (χ1v) is 5.94. The Morgan fingerprint density at radius 3 is 2.61 bits per heavy atom. The van der Waals surface area contributed by atoms with Crippen molar-refractivity contribution in [1.29, 1.82) is 0 Å². The van der Waals surface area contributed by atoms with Gasteiger partial charge in [0.05, 0.1) is 5.02 Å². The largest absolute Gasteiger partial charge is 0.487 e. The lowest BCUT2D eigenvalue weighted by Gasteiger charge is -2.10. The first-order chi connectivity index (χ1) is 8.58. The summed E-state index contributed by atoms with van der Waals surface area (Å²) in [5.41, 5.74) is 6.33. The summed E-state index contributed by atoms with van der Waals surface area (Å²) in [7, 11) is 0. The maximum atomic E-state index is 13.5. The van der Waals surface area contributed by atoms with E-state index in [1.54, 1.807) is 30.3 Å². The molecule has 0 fully saturated rings. The summed E-state index contributed by atoms with van der Waals surface area (Å²) in [6.07, 6.45) is 0. The minimum Gasteiger partial charge on any atom is -0.487 e. The molecule has 0 amide bonds. The fraction of sp³-hybridized carbons (Fsp3) is 0.0769. The zero-order chi connectivity index (χ0) is 13.1. The van der Waals surface area contributed by atoms with Gasteiger partial charge in [0.1, 0.15) is 18.2 Å². The van der Waals surface area contributed by atoms with Gasteiger partial charge in [-0.05, 0) is 30.3 Å². The Morgan fingerprint density at radius 1 is 1.17 bits per heavy atom. The van der Waals surface area contributed by atoms with E-state index in [4.69, 9.17) is 33.7 Å². The van der Waals surface area contributed by atoms with Crippen LogP contribution < -0.4 is 10.5 Å². The molecule has 0 radical (unpaired) electrons. The number of rotatable bonds is 3. The molecule has 0 bridgehead atoms. The number of halogens is 3. The molecule has 0 saturated heterocycles. The number of nitrogens with two attached hydrogens (primary N) is 1. The van der Waals surface area contributed by atoms with Gasteiger partial charge in [0.25, 0.3) is 0 Å². The second-order valence-corrected chi connectivity index (χ2v) is 4.51. The molecule has 2 aromatic carbocycles. The van der Waals surface area contributed by atoms with Gasteiger partial charge in [-0.3, -0.25) is 0 Å². The minimum absolute atomic E-state index is 0.0137. The first-order valence-electron chi connectivity index (χ1n) is 5.18. The van der Waals surface area contributed by atoms with Crippen molar-refractivity contribution in [2.75, 3.05) is 5.73 Å². The Bertz CT molecular complexity index is 555. The van der Waals surface area contributed by atoms with Gasteiger partial charge in [0, 0.05) is 16.3 Å². The topological polar surface area (TPSA) is 35.2 Å². The third-order valence-electron chi connectivity index (χ3n) is 2.42. The van der Waals surface area contributed by atoms with E-state index in [2.05, 4.69) is 0 Å². The second kappa shape index (κ2) is 5.46. The number of nitrogen functional groups attached to an aromatic ring is 1. The zero-order valence-corrected chi connectivity index (χ0v) is 10.8. The summed E-state index contributed by atoms with van der Waals surface area (Å²) in [6, 6.07) is 9.32. The van der Waals surface area contributed by atoms with Crippen LogP contribution in [0.25, 0.3) is 0 Å². The number of benzene rings is 2. The van der Waals surface area contributed by atoms with E-state index in [1.807, 2.05) is 0 Å². The molecule has 2 rings (SSSR count). The fourth-order valence-electron chi connectivity index (χ4n) is 1.47. The van der Waals surface area contributed by atoms with Gasteiger partial charge in [0.15, 0.2) is 0 Å². The number of hydrogen-bond acceptors (Lipinski definition) is 2. The van der Waals surface area contributed by atoms with Gasteiger partial charge >= 0.3 is 0 Å². The number of anilines is 1. The number of hydrogen-bond donors (Lipinski definition) is 1. The highest BCUT2D eigenvalue weighted by atomic mass is 35.5. The van der Waals surface area contributed by atoms with Gasteiger partial charge in [-0.15, -0.1) is 0 Å². The van der Waals surface area contributed by atoms with Crippen LogP contribution in [0.4, 0.5) is 10.1 Å². The van der Waals surface area contributed by atoms with Crippen LogP contribution in [-0.4, -0.2) is 0 Å². The summed E-state index contributed by atoms with van der Waals surface area (Å²) in [6.45, 7) is 0.0137. The average molecular weight is 286 g/mol. The molecular formula is C13H10Cl2FNO. The van der Waals surface area contributed by atoms with Crippen molar-refractivity contribution >= 4 is 28.9 Å². The maximum absolute atomic E-state index is 13.5. The van der Waals surface area contributed by atoms with Crippen LogP contribution in [0.3, 0.4) is 0 Å². The third-order valence-corrected chi connectivity index (χ3v) is 2.95. The predicted molar refractivity (Wildman–Crippen MR) is 71.6 cm³/mol. The summed E-state index contributed by atoms with van der Waals surface area (Å²) in [5.74, 6) is 0.0313. The number of ether oxygens (including phenoxy) is 1. The van der Waals surface area contributed by atoms with E-state index in [0.29, 0.717) is 27.0 Å². The summed E-state index contributed by atoms with van der Waals surface area (Å²) in [4.78, 5) is 0. The molecule has 0 aliphatic carbocycles. The minimum atomic E-state index is -0.403. The zero-order valence-electron chi connectivity index (χ0n) is 9.29. The smallest absolute Gasteiger partial charge is 0.138 e. The maximum Gasteiger partial charge on any atom is 0.138 e. The Balaban J connectivity index is 2.16. The van der Waals surface area contributed by atoms with Crippen LogP contribution in [0.2, 0.25) is 10.0 Å². The van der Waals surface area contributed by atoms with Crippen molar-refractivity contribution < 1.29 is 9.13 Å². The van der Waals surface area contributed by atoms with Gasteiger partial charge in [-0.25, -0.2) is 4.39 Å². The van der Waals surface area contributed by atoms with Crippen molar-refractivity contribution in [3.63, 3.8) is 0 Å². The molecule has 0 heterocycles. The van der Waals surface area contributed by atoms with Crippen molar-refractivity contribution in [1.82, 2.24) is 0 Å². The third kappa shape index (κ3) is 2.86. The van der Waals surface area contributed by atoms with E-state index in [1.165, 1.54) is 6.07 Å². The standard InChI is InChI=1S/C13H10Cl2FNO/c14-8-4-5-13(10(15)6-8)18-7-9-11(16)2-1-3-12(9)17/h1-6H,7,17H2. The van der Waals surface area contributed by atoms with E-state index < -0.39 is 5.82 Å². The van der Waals surface area contributed by atoms with Crippen molar-refractivity contribution in [2.45, 2.75) is 6.61 Å². The molecule has 0 aliphatic heterocycles. The Hall–Kier alpha value is -1.45. The summed E-state index contributed by atoms with van der Waals surface area (Å²) in [5, 5.41) is 0.884. The van der Waals surface area contributed by atoms with Crippen LogP contribution in [0, 0.1) is 5.82 Å². The van der Waals surface area contributed by atoms with E-state index in [0.717, 1.165) is 0 Å². The van der Waals surface area contributed by atoms with Crippen molar-refractivity contribution in [3.8, 4) is 5.75 Å². The molecule has 2 N–H and O–H groups in total. The monoisotopic (exact) mass is 285 g/mol. The van der Waals surface area contributed by atoms with Crippen LogP contribution in [-0.2, 0) is 6.61 Å². The van der Waals surface area contributed by atoms with Crippen molar-refractivity contribution in [2.24, 2.45) is 0 Å². The van der Waals surface area contributed by atoms with Gasteiger partial charge < -0.3 is 10.5 Å². The highest BCUT2D eigenvalue weighted by molar-refractivity contribution is 6.35. The summed E-state index contributed by atoms with van der Waals surface area (Å²) < 4.78 is 18.9. The van der Waals surface area contributed by atoms with Crippen molar-refractivity contribution in [3.05, 3.63) is 57.8 Å². The van der Waals surface area contributed by atoms with Gasteiger partial charge in [0.2, 0.25) is 0 Å². The molecule has 2 nitrogen and oxygen atoms in total. The normalized spacial score (nSPS) is 10.4. The molecule has 0 unspecified atom stereocenters. The van der Waals surface area contributed by atoms with E-state index >= 15 is 0 Å². The van der Waals surface area contributed by atoms with Crippen LogP contribution >= 0.6 is 23.2 Å². The van der Waals surface area contributed by atoms with Gasteiger partial charge in [-0.2, -0.15) is 0 Å². The lowest BCUT2D eigenvalue weighted by atomic mass is 10.2. The lowest BCUT2D eigenvalue weighted by molar-refractivity contribution is 0.301. The predicted octanol–water partition coefficient (Wildman–Crippen LogP) is 4.29. The molecule has 0 atom stereocenters. The van der Waals surface area contributed by atoms with Crippen LogP contribution in [0.5, 0.6) is 5.75 Å². The quantitative estimate of drug-likeness (QED) is 0.854. The highest BCUT2D eigenvalue weighted by Crippen LogP contribution is 2.29. The van der Waals surface area contributed by atoms with Gasteiger partial charge in [-0.1, -0.05) is 29.3 Å². The lowest BCUT2D eigenvalue weighted by Crippen LogP contribution is -2.03. The Labute approximate surface area is 114 Å². The average Bonchev–Trinajstić information content (AvgIpc) is 2.31. The van der Waals surface area contributed by atoms with Crippen LogP contribution in [0.1, 0.15) is 5.56 Å². The van der Waals surface area contributed by atoms with Crippen LogP contribution in [0.15, 0.2) is 36.4 Å². The molecular weight excluding hydrogens is 276 g/mol. The molecule has 2 aromatic rings. The SMILES string of the molecule is Nc1cccc(F)c1COc1ccc(Cl)cc1Cl. The first kappa shape index (κ1) is 13.0. The molecule has 94 valence electrons. The fourth-order valence-corrected chi connectivity index (χ4v) is 1.93. The molecule has 0 spiro atoms. The van der Waals surface area contributed by atoms with E-state index in [9.17, 15) is 4.39 Å². The molecule has 0 aromatic heterocycles. The highest BCUT2D eigenvalue weighted by Gasteiger charge is 2.08. The molecule has 0 aliphatic rings. The van der Waals surface area contributed by atoms with E-state index in [-0.39, 0.29) is 6.61 Å². The second-order valence-electron chi connectivity index (χ2n) is 3.67. The Kier molecular flexibility index (Phi) is 3.94. The summed E-state index contributed by atoms with van der Waals surface area (Å²) >= 11 is 11.7. The molecule has 0 saturated carbocycles. The molecule has 18 heavy (non-hydrogen) atoms. The Morgan fingerprint density at radius 2 is 1.94 bits per heavy atom.